The van der Waals surface area contributed by atoms with E-state index in [0.717, 1.165) is 24.9 Å². The monoisotopic (exact) mass is 318 g/mol. The Morgan fingerprint density at radius 3 is 2.74 bits per heavy atom. The highest BCUT2D eigenvalue weighted by molar-refractivity contribution is 5.75. The number of aliphatic hydroxyl groups is 1. The highest BCUT2D eigenvalue weighted by Gasteiger charge is 2.26. The number of likely N-dealkylation sites (tertiary alicyclic amines) is 1. The summed E-state index contributed by atoms with van der Waals surface area (Å²) in [6, 6.07) is 10.3. The van der Waals surface area contributed by atoms with E-state index in [1.807, 2.05) is 35.2 Å². The van der Waals surface area contributed by atoms with E-state index < -0.39 is 0 Å². The summed E-state index contributed by atoms with van der Waals surface area (Å²) in [7, 11) is 0. The van der Waals surface area contributed by atoms with Crippen molar-refractivity contribution >= 4 is 6.03 Å². The first-order valence-corrected chi connectivity index (χ1v) is 8.84. The van der Waals surface area contributed by atoms with Crippen LogP contribution < -0.4 is 5.32 Å². The summed E-state index contributed by atoms with van der Waals surface area (Å²) in [6.07, 6.45) is 4.90. The normalized spacial score (nSPS) is 23.2. The van der Waals surface area contributed by atoms with Crippen molar-refractivity contribution in [1.29, 1.82) is 0 Å². The molecule has 2 amide bonds. The SMILES string of the molecule is CC1CCCC(C)N(C(=O)NC(CCCO)c2ccccc2)C1. The summed E-state index contributed by atoms with van der Waals surface area (Å²) in [5.41, 5.74) is 1.10. The number of carbonyl (C=O) groups is 1. The lowest BCUT2D eigenvalue weighted by Crippen LogP contribution is -2.47. The van der Waals surface area contributed by atoms with Gasteiger partial charge in [0.1, 0.15) is 0 Å². The van der Waals surface area contributed by atoms with Gasteiger partial charge in [0.15, 0.2) is 0 Å². The van der Waals surface area contributed by atoms with Gasteiger partial charge in [-0.2, -0.15) is 0 Å². The Balaban J connectivity index is 2.06. The van der Waals surface area contributed by atoms with E-state index in [1.54, 1.807) is 0 Å². The van der Waals surface area contributed by atoms with Crippen molar-refractivity contribution in [3.63, 3.8) is 0 Å². The molecule has 2 rings (SSSR count). The van der Waals surface area contributed by atoms with Crippen LogP contribution in [0.3, 0.4) is 0 Å². The van der Waals surface area contributed by atoms with Gasteiger partial charge in [-0.15, -0.1) is 0 Å². The maximum Gasteiger partial charge on any atom is 0.318 e. The molecule has 4 nitrogen and oxygen atoms in total. The van der Waals surface area contributed by atoms with Gasteiger partial charge < -0.3 is 15.3 Å². The minimum absolute atomic E-state index is 0.0260. The smallest absolute Gasteiger partial charge is 0.318 e. The highest BCUT2D eigenvalue weighted by atomic mass is 16.3. The van der Waals surface area contributed by atoms with Crippen molar-refractivity contribution < 1.29 is 9.90 Å². The molecule has 0 radical (unpaired) electrons. The van der Waals surface area contributed by atoms with E-state index in [9.17, 15) is 4.79 Å². The van der Waals surface area contributed by atoms with Gasteiger partial charge >= 0.3 is 6.03 Å². The van der Waals surface area contributed by atoms with Crippen molar-refractivity contribution in [2.45, 2.75) is 58.0 Å². The highest BCUT2D eigenvalue weighted by Crippen LogP contribution is 2.23. The van der Waals surface area contributed by atoms with E-state index >= 15 is 0 Å². The molecule has 0 aromatic heterocycles. The average molecular weight is 318 g/mol. The lowest BCUT2D eigenvalue weighted by molar-refractivity contribution is 0.168. The van der Waals surface area contributed by atoms with E-state index in [-0.39, 0.29) is 24.7 Å². The van der Waals surface area contributed by atoms with Crippen LogP contribution in [0.1, 0.15) is 57.6 Å². The first-order chi connectivity index (χ1) is 11.1. The fourth-order valence-corrected chi connectivity index (χ4v) is 3.34. The zero-order valence-electron chi connectivity index (χ0n) is 14.4. The molecule has 128 valence electrons. The summed E-state index contributed by atoms with van der Waals surface area (Å²) in [5.74, 6) is 0.554. The van der Waals surface area contributed by atoms with Crippen LogP contribution in [0.4, 0.5) is 4.79 Å². The van der Waals surface area contributed by atoms with Gasteiger partial charge in [0.25, 0.3) is 0 Å². The minimum Gasteiger partial charge on any atom is -0.396 e. The Bertz CT molecular complexity index is 478. The molecular weight excluding hydrogens is 288 g/mol. The number of benzene rings is 1. The molecule has 1 aromatic carbocycles. The molecule has 2 N–H and O–H groups in total. The zero-order chi connectivity index (χ0) is 16.7. The maximum atomic E-state index is 12.8. The predicted octanol–water partition coefficient (Wildman–Crippen LogP) is 3.72. The lowest BCUT2D eigenvalue weighted by Gasteiger charge is -2.31. The number of urea groups is 1. The van der Waals surface area contributed by atoms with Crippen LogP contribution in [-0.4, -0.2) is 35.2 Å². The quantitative estimate of drug-likeness (QED) is 0.869. The van der Waals surface area contributed by atoms with Gasteiger partial charge in [-0.1, -0.05) is 43.7 Å². The second-order valence-corrected chi connectivity index (χ2v) is 6.82. The van der Waals surface area contributed by atoms with Crippen LogP contribution in [0.5, 0.6) is 0 Å². The molecule has 0 bridgehead atoms. The maximum absolute atomic E-state index is 12.8. The number of nitrogens with zero attached hydrogens (tertiary/aromatic N) is 1. The number of hydrogen-bond donors (Lipinski definition) is 2. The first-order valence-electron chi connectivity index (χ1n) is 8.84. The third kappa shape index (κ3) is 5.24. The van der Waals surface area contributed by atoms with Gasteiger partial charge in [-0.3, -0.25) is 0 Å². The van der Waals surface area contributed by atoms with Crippen LogP contribution >= 0.6 is 0 Å². The minimum atomic E-state index is -0.0402. The van der Waals surface area contributed by atoms with Crippen LogP contribution in [0.25, 0.3) is 0 Å². The Labute approximate surface area is 139 Å². The zero-order valence-corrected chi connectivity index (χ0v) is 14.4. The molecule has 0 aliphatic carbocycles. The van der Waals surface area contributed by atoms with E-state index in [1.165, 1.54) is 12.8 Å². The molecule has 1 fully saturated rings. The summed E-state index contributed by atoms with van der Waals surface area (Å²) in [6.45, 7) is 5.34. The van der Waals surface area contributed by atoms with E-state index in [4.69, 9.17) is 5.11 Å². The fourth-order valence-electron chi connectivity index (χ4n) is 3.34. The predicted molar refractivity (Wildman–Crippen MR) is 93.2 cm³/mol. The molecule has 3 atom stereocenters. The number of nitrogens with one attached hydrogen (secondary N) is 1. The Morgan fingerprint density at radius 2 is 2.04 bits per heavy atom. The molecule has 1 aliphatic heterocycles. The van der Waals surface area contributed by atoms with Gasteiger partial charge in [-0.05, 0) is 44.1 Å². The Kier molecular flexibility index (Phi) is 6.90. The van der Waals surface area contributed by atoms with Crippen LogP contribution in [0.2, 0.25) is 0 Å². The average Bonchev–Trinajstić information content (AvgIpc) is 2.73. The summed E-state index contributed by atoms with van der Waals surface area (Å²) in [5, 5.41) is 12.3. The van der Waals surface area contributed by atoms with Crippen LogP contribution in [0.15, 0.2) is 30.3 Å². The van der Waals surface area contributed by atoms with E-state index in [2.05, 4.69) is 19.2 Å². The molecule has 1 aromatic rings. The molecule has 1 saturated heterocycles. The van der Waals surface area contributed by atoms with Gasteiger partial charge in [0.05, 0.1) is 6.04 Å². The van der Waals surface area contributed by atoms with Crippen molar-refractivity contribution in [3.05, 3.63) is 35.9 Å². The molecule has 23 heavy (non-hydrogen) atoms. The Morgan fingerprint density at radius 1 is 1.30 bits per heavy atom. The third-order valence-corrected chi connectivity index (χ3v) is 4.77. The van der Waals surface area contributed by atoms with Gasteiger partial charge in [0.2, 0.25) is 0 Å². The molecule has 0 saturated carbocycles. The third-order valence-electron chi connectivity index (χ3n) is 4.77. The van der Waals surface area contributed by atoms with E-state index in [0.29, 0.717) is 12.3 Å². The number of carbonyl (C=O) groups excluding carboxylic acids is 1. The van der Waals surface area contributed by atoms with Crippen molar-refractivity contribution in [3.8, 4) is 0 Å². The van der Waals surface area contributed by atoms with Gasteiger partial charge in [-0.25, -0.2) is 4.79 Å². The second-order valence-electron chi connectivity index (χ2n) is 6.82. The fraction of sp³-hybridized carbons (Fsp3) is 0.632. The van der Waals surface area contributed by atoms with Crippen molar-refractivity contribution in [1.82, 2.24) is 10.2 Å². The molecule has 1 aliphatic rings. The first kappa shape index (κ1) is 17.8. The molecule has 4 heteroatoms. The number of hydrogen-bond acceptors (Lipinski definition) is 2. The van der Waals surface area contributed by atoms with Crippen molar-refractivity contribution in [2.24, 2.45) is 5.92 Å². The summed E-state index contributed by atoms with van der Waals surface area (Å²) in [4.78, 5) is 14.8. The van der Waals surface area contributed by atoms with Crippen LogP contribution in [-0.2, 0) is 0 Å². The largest absolute Gasteiger partial charge is 0.396 e. The van der Waals surface area contributed by atoms with Crippen molar-refractivity contribution in [2.75, 3.05) is 13.2 Å². The molecular formula is C19H30N2O2. The standard InChI is InChI=1S/C19H30N2O2/c1-15-8-6-9-16(2)21(14-15)19(23)20-18(12-7-13-22)17-10-4-3-5-11-17/h3-5,10-11,15-16,18,22H,6-9,12-14H2,1-2H3,(H,20,23). The number of amides is 2. The number of aliphatic hydroxyl groups excluding tert-OH is 1. The second kappa shape index (κ2) is 8.92. The molecule has 1 heterocycles. The summed E-state index contributed by atoms with van der Waals surface area (Å²) >= 11 is 0. The lowest BCUT2D eigenvalue weighted by atomic mass is 10.0. The topological polar surface area (TPSA) is 52.6 Å². The Hall–Kier alpha value is -1.55. The van der Waals surface area contributed by atoms with Crippen LogP contribution in [0, 0.1) is 5.92 Å². The van der Waals surface area contributed by atoms with Gasteiger partial charge in [0, 0.05) is 19.2 Å². The molecule has 0 spiro atoms. The summed E-state index contributed by atoms with van der Waals surface area (Å²) < 4.78 is 0. The number of rotatable bonds is 5. The molecule has 3 unspecified atom stereocenters.